The number of carboxylic acid groups (broad SMARTS) is 2. The number of unbranched alkanes of at least 4 members (excludes halogenated alkanes) is 11. The summed E-state index contributed by atoms with van der Waals surface area (Å²) in [7, 11) is 0. The van der Waals surface area contributed by atoms with Crippen molar-refractivity contribution in [3.63, 3.8) is 0 Å². The van der Waals surface area contributed by atoms with Gasteiger partial charge in [0.1, 0.15) is 6.04 Å². The third kappa shape index (κ3) is 23.7. The molecular weight excluding hydrogens is 528 g/mol. The molecule has 0 spiro atoms. The number of carbonyl (C=O) groups is 5. The Kier molecular flexibility index (Phi) is 24.5. The first-order valence-corrected chi connectivity index (χ1v) is 15.7. The van der Waals surface area contributed by atoms with Crippen LogP contribution in [0, 0.1) is 0 Å². The molecule has 41 heavy (non-hydrogen) atoms. The molecule has 0 aliphatic carbocycles. The Labute approximate surface area is 246 Å². The number of carboxylic acids is 2. The lowest BCUT2D eigenvalue weighted by molar-refractivity contribution is -0.139. The first kappa shape index (κ1) is 38.3. The maximum atomic E-state index is 12.7. The molecule has 0 aromatic rings. The van der Waals surface area contributed by atoms with Crippen molar-refractivity contribution < 1.29 is 34.2 Å². The van der Waals surface area contributed by atoms with Gasteiger partial charge in [-0.15, -0.1) is 0 Å². The molecule has 0 saturated carbocycles. The summed E-state index contributed by atoms with van der Waals surface area (Å²) in [5.74, 6) is -2.99. The van der Waals surface area contributed by atoms with E-state index < -0.39 is 35.8 Å². The number of hydrogen-bond donors (Lipinski definition) is 6. The van der Waals surface area contributed by atoms with Gasteiger partial charge in [-0.2, -0.15) is 0 Å². The van der Waals surface area contributed by atoms with Gasteiger partial charge in [0, 0.05) is 32.4 Å². The van der Waals surface area contributed by atoms with Crippen LogP contribution in [0.3, 0.4) is 0 Å². The lowest BCUT2D eigenvalue weighted by Gasteiger charge is -2.22. The minimum absolute atomic E-state index is 0.0575. The van der Waals surface area contributed by atoms with Gasteiger partial charge in [-0.1, -0.05) is 78.1 Å². The van der Waals surface area contributed by atoms with E-state index in [1.165, 1.54) is 44.9 Å². The number of carbonyl (C=O) groups excluding carboxylic acids is 3. The minimum Gasteiger partial charge on any atom is -0.481 e. The molecule has 0 aromatic heterocycles. The zero-order valence-corrected chi connectivity index (χ0v) is 25.4. The van der Waals surface area contributed by atoms with Crippen LogP contribution in [0.2, 0.25) is 0 Å². The molecule has 0 saturated heterocycles. The molecule has 0 fully saturated rings. The van der Waals surface area contributed by atoms with Crippen molar-refractivity contribution >= 4 is 29.7 Å². The quantitative estimate of drug-likeness (QED) is 0.0751. The standard InChI is InChI=1S/C30H56N4O7/c1-3-5-6-7-8-9-10-11-14-17-26(35)32-22-15-12-13-16-23-33-29(40)25(19-21-28(38)39)34-30(41)24(31-4-2)18-20-27(36)37/h24-25,31H,3-23H2,1-2H3,(H,32,35)(H,33,40)(H,34,41)(H,36,37)(H,38,39). The highest BCUT2D eigenvalue weighted by Gasteiger charge is 2.26. The first-order valence-electron chi connectivity index (χ1n) is 15.7. The third-order valence-electron chi connectivity index (χ3n) is 6.93. The van der Waals surface area contributed by atoms with E-state index in [1.807, 2.05) is 0 Å². The topological polar surface area (TPSA) is 174 Å². The van der Waals surface area contributed by atoms with Crippen LogP contribution in [0.1, 0.15) is 129 Å². The van der Waals surface area contributed by atoms with E-state index in [2.05, 4.69) is 28.2 Å². The molecule has 0 radical (unpaired) electrons. The van der Waals surface area contributed by atoms with E-state index in [1.54, 1.807) is 6.92 Å². The van der Waals surface area contributed by atoms with Gasteiger partial charge in [0.2, 0.25) is 17.7 Å². The zero-order valence-electron chi connectivity index (χ0n) is 25.4. The second-order valence-corrected chi connectivity index (χ2v) is 10.7. The maximum absolute atomic E-state index is 12.7. The lowest BCUT2D eigenvalue weighted by Crippen LogP contribution is -2.53. The summed E-state index contributed by atoms with van der Waals surface area (Å²) in [5.41, 5.74) is 0. The number of amides is 3. The molecular formula is C30H56N4O7. The van der Waals surface area contributed by atoms with E-state index in [-0.39, 0.29) is 31.6 Å². The van der Waals surface area contributed by atoms with Crippen LogP contribution in [0.25, 0.3) is 0 Å². The van der Waals surface area contributed by atoms with Gasteiger partial charge < -0.3 is 31.5 Å². The van der Waals surface area contributed by atoms with E-state index in [9.17, 15) is 24.0 Å². The number of likely N-dealkylation sites (N-methyl/N-ethyl adjacent to an activating group) is 1. The second-order valence-electron chi connectivity index (χ2n) is 10.7. The number of hydrogen-bond acceptors (Lipinski definition) is 6. The van der Waals surface area contributed by atoms with E-state index in [0.29, 0.717) is 26.1 Å². The second kappa shape index (κ2) is 26.2. The normalized spacial score (nSPS) is 12.3. The fourth-order valence-electron chi connectivity index (χ4n) is 4.50. The highest BCUT2D eigenvalue weighted by atomic mass is 16.4. The van der Waals surface area contributed by atoms with E-state index in [0.717, 1.165) is 38.5 Å². The van der Waals surface area contributed by atoms with Gasteiger partial charge in [-0.05, 0) is 38.6 Å². The van der Waals surface area contributed by atoms with Crippen molar-refractivity contribution in [2.75, 3.05) is 19.6 Å². The van der Waals surface area contributed by atoms with Gasteiger partial charge in [-0.25, -0.2) is 0 Å². The minimum atomic E-state index is -1.08. The number of nitrogens with one attached hydrogen (secondary N) is 4. The van der Waals surface area contributed by atoms with Crippen LogP contribution >= 0.6 is 0 Å². The molecule has 11 nitrogen and oxygen atoms in total. The predicted octanol–water partition coefficient (Wildman–Crippen LogP) is 3.89. The van der Waals surface area contributed by atoms with Crippen LogP contribution in [0.5, 0.6) is 0 Å². The van der Waals surface area contributed by atoms with Crippen LogP contribution in [-0.4, -0.2) is 71.6 Å². The molecule has 6 N–H and O–H groups in total. The monoisotopic (exact) mass is 584 g/mol. The first-order chi connectivity index (χ1) is 19.7. The molecule has 2 atom stereocenters. The average Bonchev–Trinajstić information content (AvgIpc) is 2.93. The van der Waals surface area contributed by atoms with Crippen molar-refractivity contribution in [1.82, 2.24) is 21.3 Å². The molecule has 11 heteroatoms. The Hall–Kier alpha value is -2.69. The zero-order chi connectivity index (χ0) is 30.7. The third-order valence-corrected chi connectivity index (χ3v) is 6.93. The molecule has 0 aliphatic heterocycles. The molecule has 2 unspecified atom stereocenters. The van der Waals surface area contributed by atoms with Gasteiger partial charge in [0.05, 0.1) is 6.04 Å². The predicted molar refractivity (Wildman–Crippen MR) is 159 cm³/mol. The smallest absolute Gasteiger partial charge is 0.303 e. The van der Waals surface area contributed by atoms with E-state index >= 15 is 0 Å². The van der Waals surface area contributed by atoms with Gasteiger partial charge >= 0.3 is 11.9 Å². The average molecular weight is 585 g/mol. The summed E-state index contributed by atoms with van der Waals surface area (Å²) < 4.78 is 0. The molecule has 0 rings (SSSR count). The summed E-state index contributed by atoms with van der Waals surface area (Å²) in [6.07, 6.45) is 14.5. The van der Waals surface area contributed by atoms with Gasteiger partial charge in [0.15, 0.2) is 0 Å². The Morgan fingerprint density at radius 1 is 0.561 bits per heavy atom. The van der Waals surface area contributed by atoms with Crippen molar-refractivity contribution in [1.29, 1.82) is 0 Å². The van der Waals surface area contributed by atoms with Crippen molar-refractivity contribution in [3.8, 4) is 0 Å². The Morgan fingerprint density at radius 2 is 1.05 bits per heavy atom. The number of rotatable bonds is 28. The van der Waals surface area contributed by atoms with Crippen molar-refractivity contribution in [3.05, 3.63) is 0 Å². The van der Waals surface area contributed by atoms with Crippen LogP contribution in [-0.2, 0) is 24.0 Å². The summed E-state index contributed by atoms with van der Waals surface area (Å²) in [5, 5.41) is 29.2. The lowest BCUT2D eigenvalue weighted by atomic mass is 10.1. The fraction of sp³-hybridized carbons (Fsp3) is 0.833. The fourth-order valence-corrected chi connectivity index (χ4v) is 4.50. The van der Waals surface area contributed by atoms with Gasteiger partial charge in [-0.3, -0.25) is 24.0 Å². The molecule has 0 aromatic carbocycles. The number of aliphatic carboxylic acids is 2. The highest BCUT2D eigenvalue weighted by molar-refractivity contribution is 5.90. The molecule has 0 bridgehead atoms. The van der Waals surface area contributed by atoms with Crippen LogP contribution in [0.15, 0.2) is 0 Å². The summed E-state index contributed by atoms with van der Waals surface area (Å²) in [6.45, 7) is 5.47. The summed E-state index contributed by atoms with van der Waals surface area (Å²) in [4.78, 5) is 59.2. The highest BCUT2D eigenvalue weighted by Crippen LogP contribution is 2.10. The molecule has 0 heterocycles. The maximum Gasteiger partial charge on any atom is 0.303 e. The molecule has 0 aliphatic rings. The summed E-state index contributed by atoms with van der Waals surface area (Å²) >= 11 is 0. The SMILES string of the molecule is CCCCCCCCCCCC(=O)NCCCCCCNC(=O)C(CCC(=O)O)NC(=O)C(CCC(=O)O)NCC. The van der Waals surface area contributed by atoms with E-state index in [4.69, 9.17) is 10.2 Å². The summed E-state index contributed by atoms with van der Waals surface area (Å²) in [6, 6.07) is -1.81. The molecule has 3 amide bonds. The Morgan fingerprint density at radius 3 is 1.59 bits per heavy atom. The van der Waals surface area contributed by atoms with Crippen LogP contribution < -0.4 is 21.3 Å². The largest absolute Gasteiger partial charge is 0.481 e. The van der Waals surface area contributed by atoms with Crippen molar-refractivity contribution in [2.45, 2.75) is 142 Å². The Bertz CT molecular complexity index is 748. The molecule has 238 valence electrons. The Balaban J connectivity index is 4.13. The van der Waals surface area contributed by atoms with Crippen LogP contribution in [0.4, 0.5) is 0 Å². The van der Waals surface area contributed by atoms with Gasteiger partial charge in [0.25, 0.3) is 0 Å². The van der Waals surface area contributed by atoms with Crippen molar-refractivity contribution in [2.24, 2.45) is 0 Å².